The second-order valence-electron chi connectivity index (χ2n) is 5.02. The van der Waals surface area contributed by atoms with Gasteiger partial charge in [0.25, 0.3) is 5.91 Å². The molecule has 0 unspecified atom stereocenters. The lowest BCUT2D eigenvalue weighted by Crippen LogP contribution is -2.27. The van der Waals surface area contributed by atoms with E-state index < -0.39 is 5.76 Å². The summed E-state index contributed by atoms with van der Waals surface area (Å²) < 4.78 is 5.41. The van der Waals surface area contributed by atoms with Crippen LogP contribution in [0.5, 0.6) is 0 Å². The fourth-order valence-electron chi connectivity index (χ4n) is 2.27. The molecule has 0 fully saturated rings. The molecule has 0 radical (unpaired) electrons. The first-order valence-corrected chi connectivity index (χ1v) is 7.33. The number of benzene rings is 1. The molecule has 0 saturated heterocycles. The highest BCUT2D eigenvalue weighted by Crippen LogP contribution is 2.26. The molecule has 3 aromatic rings. The first-order chi connectivity index (χ1) is 10.5. The van der Waals surface area contributed by atoms with Crippen LogP contribution in [0.3, 0.4) is 0 Å². The minimum absolute atomic E-state index is 0.155. The van der Waals surface area contributed by atoms with Gasteiger partial charge in [-0.15, -0.1) is 0 Å². The lowest BCUT2D eigenvalue weighted by molar-refractivity contribution is 0.0776. The standard InChI is InChI=1S/C14H13BrN4O3/c1-7-8-5-11(16-10(8)4-3-9(7)15)13(20)19(2)6-12-17-14(21)22-18-12/h3-5,16H,6H2,1-2H3,(H,17,18,21). The Labute approximate surface area is 133 Å². The van der Waals surface area contributed by atoms with E-state index in [-0.39, 0.29) is 12.5 Å². The van der Waals surface area contributed by atoms with Gasteiger partial charge in [0.15, 0.2) is 5.82 Å². The van der Waals surface area contributed by atoms with Crippen LogP contribution in [0.1, 0.15) is 21.9 Å². The van der Waals surface area contributed by atoms with Crippen LogP contribution >= 0.6 is 15.9 Å². The number of nitrogens with one attached hydrogen (secondary N) is 2. The molecule has 1 aromatic carbocycles. The first kappa shape index (κ1) is 14.6. The van der Waals surface area contributed by atoms with E-state index in [1.165, 1.54) is 4.90 Å². The van der Waals surface area contributed by atoms with Crippen LogP contribution in [-0.2, 0) is 6.54 Å². The predicted molar refractivity (Wildman–Crippen MR) is 83.7 cm³/mol. The smallest absolute Gasteiger partial charge is 0.351 e. The van der Waals surface area contributed by atoms with Crippen molar-refractivity contribution in [3.8, 4) is 0 Å². The van der Waals surface area contributed by atoms with Gasteiger partial charge in [-0.3, -0.25) is 14.3 Å². The number of halogens is 1. The number of aromatic nitrogens is 3. The lowest BCUT2D eigenvalue weighted by Gasteiger charge is -2.13. The Morgan fingerprint density at radius 1 is 1.41 bits per heavy atom. The molecule has 0 aliphatic rings. The van der Waals surface area contributed by atoms with Gasteiger partial charge in [0.1, 0.15) is 5.69 Å². The number of aromatic amines is 2. The maximum Gasteiger partial charge on any atom is 0.438 e. The molecule has 0 aliphatic heterocycles. The Balaban J connectivity index is 1.88. The van der Waals surface area contributed by atoms with Gasteiger partial charge in [-0.05, 0) is 30.7 Å². The molecule has 22 heavy (non-hydrogen) atoms. The number of aryl methyl sites for hydroxylation is 1. The van der Waals surface area contributed by atoms with Gasteiger partial charge in [0, 0.05) is 22.4 Å². The average molecular weight is 365 g/mol. The number of hydrogen-bond donors (Lipinski definition) is 2. The summed E-state index contributed by atoms with van der Waals surface area (Å²) in [5.74, 6) is -0.534. The van der Waals surface area contributed by atoms with Crippen molar-refractivity contribution in [1.29, 1.82) is 0 Å². The van der Waals surface area contributed by atoms with Gasteiger partial charge in [0.05, 0.1) is 6.54 Å². The Morgan fingerprint density at radius 2 is 2.18 bits per heavy atom. The summed E-state index contributed by atoms with van der Waals surface area (Å²) in [7, 11) is 1.63. The van der Waals surface area contributed by atoms with Crippen LogP contribution in [0, 0.1) is 6.92 Å². The highest BCUT2D eigenvalue weighted by Gasteiger charge is 2.17. The Bertz CT molecular complexity index is 908. The van der Waals surface area contributed by atoms with Crippen molar-refractivity contribution in [2.45, 2.75) is 13.5 Å². The normalized spacial score (nSPS) is 11.0. The van der Waals surface area contributed by atoms with Crippen molar-refractivity contribution < 1.29 is 9.32 Å². The minimum atomic E-state index is -0.637. The zero-order valence-electron chi connectivity index (χ0n) is 11.9. The summed E-state index contributed by atoms with van der Waals surface area (Å²) in [6.07, 6.45) is 0. The molecule has 0 aliphatic carbocycles. The molecule has 8 heteroatoms. The van der Waals surface area contributed by atoms with E-state index in [2.05, 4.69) is 35.6 Å². The quantitative estimate of drug-likeness (QED) is 0.744. The van der Waals surface area contributed by atoms with Gasteiger partial charge in [-0.25, -0.2) is 4.79 Å². The molecule has 3 rings (SSSR count). The summed E-state index contributed by atoms with van der Waals surface area (Å²) >= 11 is 3.48. The number of hydrogen-bond acceptors (Lipinski definition) is 4. The van der Waals surface area contributed by atoms with E-state index in [1.54, 1.807) is 7.05 Å². The summed E-state index contributed by atoms with van der Waals surface area (Å²) in [5.41, 5.74) is 2.44. The van der Waals surface area contributed by atoms with Gasteiger partial charge in [-0.1, -0.05) is 21.1 Å². The van der Waals surface area contributed by atoms with Crippen LogP contribution in [0.2, 0.25) is 0 Å². The predicted octanol–water partition coefficient (Wildman–Crippen LogP) is 2.19. The average Bonchev–Trinajstić information content (AvgIpc) is 3.09. The molecule has 2 heterocycles. The van der Waals surface area contributed by atoms with E-state index >= 15 is 0 Å². The van der Waals surface area contributed by atoms with Crippen molar-refractivity contribution in [2.24, 2.45) is 0 Å². The molecule has 114 valence electrons. The molecular formula is C14H13BrN4O3. The summed E-state index contributed by atoms with van der Waals surface area (Å²) in [4.78, 5) is 30.3. The maximum atomic E-state index is 12.5. The SMILES string of the molecule is Cc1c(Br)ccc2[nH]c(C(=O)N(C)Cc3noc(=O)[nH]3)cc12. The van der Waals surface area contributed by atoms with Crippen LogP contribution in [0.15, 0.2) is 32.0 Å². The molecule has 0 bridgehead atoms. The van der Waals surface area contributed by atoms with E-state index in [0.717, 1.165) is 20.9 Å². The monoisotopic (exact) mass is 364 g/mol. The topological polar surface area (TPSA) is 95.0 Å². The third-order valence-corrected chi connectivity index (χ3v) is 4.31. The van der Waals surface area contributed by atoms with Crippen molar-refractivity contribution in [2.75, 3.05) is 7.05 Å². The van der Waals surface area contributed by atoms with Crippen molar-refractivity contribution in [1.82, 2.24) is 20.0 Å². The third kappa shape index (κ3) is 2.57. The first-order valence-electron chi connectivity index (χ1n) is 6.54. The fourth-order valence-corrected chi connectivity index (χ4v) is 2.61. The number of fused-ring (bicyclic) bond motifs is 1. The maximum absolute atomic E-state index is 12.5. The van der Waals surface area contributed by atoms with Crippen LogP contribution in [0.25, 0.3) is 10.9 Å². The number of rotatable bonds is 3. The fraction of sp³-hybridized carbons (Fsp3) is 0.214. The Morgan fingerprint density at radius 3 is 2.86 bits per heavy atom. The van der Waals surface area contributed by atoms with E-state index in [0.29, 0.717) is 11.5 Å². The lowest BCUT2D eigenvalue weighted by atomic mass is 10.1. The molecule has 2 N–H and O–H groups in total. The number of carbonyl (C=O) groups is 1. The van der Waals surface area contributed by atoms with Crippen molar-refractivity contribution >= 4 is 32.7 Å². The second kappa shape index (κ2) is 5.45. The summed E-state index contributed by atoms with van der Waals surface area (Å²) in [6, 6.07) is 5.67. The molecular weight excluding hydrogens is 352 g/mol. The van der Waals surface area contributed by atoms with Crippen LogP contribution < -0.4 is 5.76 Å². The number of nitrogens with zero attached hydrogens (tertiary/aromatic N) is 2. The van der Waals surface area contributed by atoms with Crippen molar-refractivity contribution in [3.05, 3.63) is 50.3 Å². The van der Waals surface area contributed by atoms with Gasteiger partial charge >= 0.3 is 5.76 Å². The summed E-state index contributed by atoms with van der Waals surface area (Å²) in [6.45, 7) is 2.14. The summed E-state index contributed by atoms with van der Waals surface area (Å²) in [5, 5.41) is 4.53. The van der Waals surface area contributed by atoms with Gasteiger partial charge in [-0.2, -0.15) is 0 Å². The molecule has 1 amide bonds. The molecule has 0 atom stereocenters. The minimum Gasteiger partial charge on any atom is -0.351 e. The highest BCUT2D eigenvalue weighted by molar-refractivity contribution is 9.10. The van der Waals surface area contributed by atoms with Gasteiger partial charge in [0.2, 0.25) is 0 Å². The van der Waals surface area contributed by atoms with E-state index in [4.69, 9.17) is 0 Å². The molecule has 7 nitrogen and oxygen atoms in total. The molecule has 0 saturated carbocycles. The van der Waals surface area contributed by atoms with E-state index in [1.807, 2.05) is 25.1 Å². The Hall–Kier alpha value is -2.35. The molecule has 2 aromatic heterocycles. The highest BCUT2D eigenvalue weighted by atomic mass is 79.9. The molecule has 0 spiro atoms. The van der Waals surface area contributed by atoms with E-state index in [9.17, 15) is 9.59 Å². The zero-order chi connectivity index (χ0) is 15.9. The number of carbonyl (C=O) groups excluding carboxylic acids is 1. The largest absolute Gasteiger partial charge is 0.438 e. The number of H-pyrrole nitrogens is 2. The van der Waals surface area contributed by atoms with Gasteiger partial charge < -0.3 is 9.88 Å². The second-order valence-corrected chi connectivity index (χ2v) is 5.87. The van der Waals surface area contributed by atoms with Crippen molar-refractivity contribution in [3.63, 3.8) is 0 Å². The Kier molecular flexibility index (Phi) is 3.61. The zero-order valence-corrected chi connectivity index (χ0v) is 13.5. The number of amides is 1. The van der Waals surface area contributed by atoms with Crippen LogP contribution in [0.4, 0.5) is 0 Å². The van der Waals surface area contributed by atoms with Crippen LogP contribution in [-0.4, -0.2) is 33.0 Å². The third-order valence-electron chi connectivity index (χ3n) is 3.46.